The summed E-state index contributed by atoms with van der Waals surface area (Å²) in [6.45, 7) is 11.5. The van der Waals surface area contributed by atoms with Crippen molar-refractivity contribution in [1.82, 2.24) is 0 Å². The summed E-state index contributed by atoms with van der Waals surface area (Å²) in [5.74, 6) is 0. The molecule has 0 radical (unpaired) electrons. The van der Waals surface area contributed by atoms with E-state index in [9.17, 15) is 10.1 Å². The molecule has 108 valence electrons. The largest absolute Gasteiger partial charge is 0.501 e. The molecule has 0 atom stereocenters. The van der Waals surface area contributed by atoms with E-state index in [0.717, 1.165) is 11.1 Å². The maximum atomic E-state index is 11.3. The molecule has 0 aromatic heterocycles. The van der Waals surface area contributed by atoms with Gasteiger partial charge in [0.05, 0.1) is 21.6 Å². The van der Waals surface area contributed by atoms with Crippen LogP contribution in [-0.2, 0) is 9.31 Å². The standard InChI is InChI=1S/C14H20BNO4/c1-9-7-11(12(16(17)18)8-10(9)2)15-19-13(3,4)14(5,6)20-15/h7-8H,1-6H3. The van der Waals surface area contributed by atoms with Gasteiger partial charge >= 0.3 is 7.12 Å². The first-order valence-electron chi connectivity index (χ1n) is 6.66. The highest BCUT2D eigenvalue weighted by atomic mass is 16.7. The van der Waals surface area contributed by atoms with Crippen molar-refractivity contribution in [2.45, 2.75) is 52.7 Å². The van der Waals surface area contributed by atoms with Crippen LogP contribution in [0.15, 0.2) is 12.1 Å². The number of nitro groups is 1. The zero-order valence-electron chi connectivity index (χ0n) is 12.8. The Kier molecular flexibility index (Phi) is 3.43. The fraction of sp³-hybridized carbons (Fsp3) is 0.571. The van der Waals surface area contributed by atoms with Crippen LogP contribution in [0.2, 0.25) is 0 Å². The SMILES string of the molecule is Cc1cc(B2OC(C)(C)C(C)(C)O2)c([N+](=O)[O-])cc1C. The highest BCUT2D eigenvalue weighted by Crippen LogP contribution is 2.37. The molecule has 1 heterocycles. The summed E-state index contributed by atoms with van der Waals surface area (Å²) in [4.78, 5) is 10.9. The second kappa shape index (κ2) is 4.57. The van der Waals surface area contributed by atoms with E-state index in [1.165, 1.54) is 0 Å². The molecule has 0 unspecified atom stereocenters. The summed E-state index contributed by atoms with van der Waals surface area (Å²) >= 11 is 0. The lowest BCUT2D eigenvalue weighted by Crippen LogP contribution is -2.41. The Balaban J connectivity index is 2.49. The van der Waals surface area contributed by atoms with E-state index >= 15 is 0 Å². The van der Waals surface area contributed by atoms with Gasteiger partial charge in [0.25, 0.3) is 5.69 Å². The maximum Gasteiger partial charge on any atom is 0.501 e. The van der Waals surface area contributed by atoms with Gasteiger partial charge in [0.15, 0.2) is 0 Å². The van der Waals surface area contributed by atoms with Crippen molar-refractivity contribution >= 4 is 18.3 Å². The molecular formula is C14H20BNO4. The van der Waals surface area contributed by atoms with Crippen molar-refractivity contribution in [3.8, 4) is 0 Å². The smallest absolute Gasteiger partial charge is 0.399 e. The summed E-state index contributed by atoms with van der Waals surface area (Å²) in [7, 11) is -0.709. The maximum absolute atomic E-state index is 11.3. The van der Waals surface area contributed by atoms with Gasteiger partial charge in [-0.2, -0.15) is 0 Å². The monoisotopic (exact) mass is 277 g/mol. The van der Waals surface area contributed by atoms with Gasteiger partial charge in [-0.15, -0.1) is 0 Å². The molecule has 0 saturated carbocycles. The van der Waals surface area contributed by atoms with Gasteiger partial charge in [0, 0.05) is 6.07 Å². The molecule has 0 bridgehead atoms. The van der Waals surface area contributed by atoms with Crippen molar-refractivity contribution in [3.05, 3.63) is 33.4 Å². The van der Waals surface area contributed by atoms with Gasteiger partial charge in [0.2, 0.25) is 0 Å². The number of aryl methyl sites for hydroxylation is 2. The van der Waals surface area contributed by atoms with Crippen LogP contribution in [0.5, 0.6) is 0 Å². The quantitative estimate of drug-likeness (QED) is 0.473. The summed E-state index contributed by atoms with van der Waals surface area (Å²) in [5, 5.41) is 11.3. The molecule has 0 aliphatic carbocycles. The highest BCUT2D eigenvalue weighted by Gasteiger charge is 2.53. The van der Waals surface area contributed by atoms with Crippen LogP contribution in [0.25, 0.3) is 0 Å². The Morgan fingerprint density at radius 1 is 1.05 bits per heavy atom. The Labute approximate surface area is 119 Å². The first-order chi connectivity index (χ1) is 9.05. The highest BCUT2D eigenvalue weighted by molar-refractivity contribution is 6.63. The number of nitrogens with zero attached hydrogens (tertiary/aromatic N) is 1. The lowest BCUT2D eigenvalue weighted by Gasteiger charge is -2.32. The minimum atomic E-state index is -0.709. The third-order valence-corrected chi connectivity index (χ3v) is 4.35. The molecule has 1 aliphatic rings. The number of nitro benzene ring substituents is 1. The molecule has 1 saturated heterocycles. The number of hydrogen-bond donors (Lipinski definition) is 0. The third kappa shape index (κ3) is 2.34. The van der Waals surface area contributed by atoms with E-state index in [4.69, 9.17) is 9.31 Å². The van der Waals surface area contributed by atoms with Crippen molar-refractivity contribution in [2.75, 3.05) is 0 Å². The molecule has 1 fully saturated rings. The normalized spacial score (nSPS) is 20.2. The van der Waals surface area contributed by atoms with Crippen LogP contribution in [0, 0.1) is 24.0 Å². The van der Waals surface area contributed by atoms with E-state index in [1.54, 1.807) is 12.1 Å². The molecule has 0 N–H and O–H groups in total. The first-order valence-corrected chi connectivity index (χ1v) is 6.66. The van der Waals surface area contributed by atoms with E-state index in [1.807, 2.05) is 41.5 Å². The van der Waals surface area contributed by atoms with Crippen molar-refractivity contribution in [1.29, 1.82) is 0 Å². The molecule has 6 heteroatoms. The molecular weight excluding hydrogens is 257 g/mol. The average molecular weight is 277 g/mol. The number of benzene rings is 1. The van der Waals surface area contributed by atoms with Crippen LogP contribution in [0.1, 0.15) is 38.8 Å². The molecule has 20 heavy (non-hydrogen) atoms. The van der Waals surface area contributed by atoms with Crippen LogP contribution in [0.4, 0.5) is 5.69 Å². The lowest BCUT2D eigenvalue weighted by atomic mass is 9.76. The molecule has 0 spiro atoms. The Morgan fingerprint density at radius 3 is 1.95 bits per heavy atom. The van der Waals surface area contributed by atoms with E-state index in [2.05, 4.69) is 0 Å². The van der Waals surface area contributed by atoms with Crippen LogP contribution < -0.4 is 5.46 Å². The average Bonchev–Trinajstić information content (AvgIpc) is 2.51. The van der Waals surface area contributed by atoms with Gasteiger partial charge in [-0.1, -0.05) is 6.07 Å². The fourth-order valence-corrected chi connectivity index (χ4v) is 2.14. The Bertz CT molecular complexity index is 553. The Morgan fingerprint density at radius 2 is 1.50 bits per heavy atom. The second-order valence-corrected chi connectivity index (χ2v) is 6.34. The van der Waals surface area contributed by atoms with Gasteiger partial charge in [-0.3, -0.25) is 10.1 Å². The van der Waals surface area contributed by atoms with Crippen molar-refractivity contribution < 1.29 is 14.2 Å². The first kappa shape index (κ1) is 15.0. The lowest BCUT2D eigenvalue weighted by molar-refractivity contribution is -0.383. The van der Waals surface area contributed by atoms with Crippen LogP contribution in [-0.4, -0.2) is 23.2 Å². The minimum Gasteiger partial charge on any atom is -0.399 e. The van der Waals surface area contributed by atoms with Gasteiger partial charge < -0.3 is 9.31 Å². The summed E-state index contributed by atoms with van der Waals surface area (Å²) in [5.41, 5.74) is 1.38. The predicted molar refractivity (Wildman–Crippen MR) is 78.3 cm³/mol. The molecule has 2 rings (SSSR count). The second-order valence-electron chi connectivity index (χ2n) is 6.34. The summed E-state index contributed by atoms with van der Waals surface area (Å²) < 4.78 is 11.8. The predicted octanol–water partition coefficient (Wildman–Crippen LogP) is 2.51. The summed E-state index contributed by atoms with van der Waals surface area (Å²) in [6.07, 6.45) is 0. The molecule has 1 aromatic rings. The molecule has 1 aliphatic heterocycles. The van der Waals surface area contributed by atoms with Gasteiger partial charge in [0.1, 0.15) is 0 Å². The molecule has 0 amide bonds. The van der Waals surface area contributed by atoms with Crippen molar-refractivity contribution in [2.24, 2.45) is 0 Å². The molecule has 5 nitrogen and oxygen atoms in total. The zero-order chi connectivity index (χ0) is 15.3. The van der Waals surface area contributed by atoms with E-state index in [0.29, 0.717) is 5.46 Å². The number of hydrogen-bond acceptors (Lipinski definition) is 4. The number of rotatable bonds is 2. The van der Waals surface area contributed by atoms with Crippen molar-refractivity contribution in [3.63, 3.8) is 0 Å². The van der Waals surface area contributed by atoms with Crippen LogP contribution >= 0.6 is 0 Å². The van der Waals surface area contributed by atoms with Crippen LogP contribution in [0.3, 0.4) is 0 Å². The van der Waals surface area contributed by atoms with Gasteiger partial charge in [-0.05, 0) is 52.7 Å². The zero-order valence-corrected chi connectivity index (χ0v) is 12.8. The van der Waals surface area contributed by atoms with E-state index in [-0.39, 0.29) is 10.6 Å². The molecule has 1 aromatic carbocycles. The minimum absolute atomic E-state index is 0.0478. The fourth-order valence-electron chi connectivity index (χ4n) is 2.14. The van der Waals surface area contributed by atoms with Gasteiger partial charge in [-0.25, -0.2) is 0 Å². The summed E-state index contributed by atoms with van der Waals surface area (Å²) in [6, 6.07) is 3.37. The van der Waals surface area contributed by atoms with E-state index < -0.39 is 18.3 Å². The topological polar surface area (TPSA) is 61.6 Å². The Hall–Kier alpha value is -1.40. The third-order valence-electron chi connectivity index (χ3n) is 4.35.